The number of alkyl halides is 1. The molecular formula is C22H32FN5O3. The van der Waals surface area contributed by atoms with Gasteiger partial charge in [-0.25, -0.2) is 4.39 Å². The number of hydrogen-bond donors (Lipinski definition) is 3. The van der Waals surface area contributed by atoms with E-state index in [-0.39, 0.29) is 42.6 Å². The maximum absolute atomic E-state index is 13.7. The Hall–Kier alpha value is -3.10. The first-order valence-electron chi connectivity index (χ1n) is 10.2. The van der Waals surface area contributed by atoms with Crippen molar-refractivity contribution in [3.63, 3.8) is 0 Å². The Balaban J connectivity index is 2.27. The molecule has 8 nitrogen and oxygen atoms in total. The zero-order valence-electron chi connectivity index (χ0n) is 19.0. The number of fused-ring (bicyclic) bond motifs is 1. The molecule has 0 radical (unpaired) electrons. The standard InChI is InChI=1S/C22H32FN5O3/c1-7-26-20(29)18-16-11-28(21(30)15(16)8-9-27-18)14(3)17(25-6)10-13(2)19(24)31-12-22(4,5)23/h8-10,14,25H,7,11-12,24H2,1-6H3,(H,26,29)/b17-10-,19-13+. The fourth-order valence-corrected chi connectivity index (χ4v) is 3.24. The monoisotopic (exact) mass is 433 g/mol. The molecule has 9 heteroatoms. The third-order valence-corrected chi connectivity index (χ3v) is 4.97. The van der Waals surface area contributed by atoms with E-state index in [0.717, 1.165) is 5.70 Å². The van der Waals surface area contributed by atoms with Gasteiger partial charge in [0.2, 0.25) is 0 Å². The predicted octanol–water partition coefficient (Wildman–Crippen LogP) is 2.23. The van der Waals surface area contributed by atoms with Crippen LogP contribution in [0.5, 0.6) is 0 Å². The summed E-state index contributed by atoms with van der Waals surface area (Å²) in [6.07, 6.45) is 3.24. The zero-order chi connectivity index (χ0) is 23.3. The average Bonchev–Trinajstić information content (AvgIpc) is 3.05. The molecule has 1 aliphatic rings. The highest BCUT2D eigenvalue weighted by Crippen LogP contribution is 2.28. The smallest absolute Gasteiger partial charge is 0.270 e. The number of allylic oxidation sites excluding steroid dienone is 2. The number of halogens is 1. The Kier molecular flexibility index (Phi) is 7.65. The SMILES string of the molecule is CCNC(=O)c1nccc2c1CN(C(C)/C(=C/C(C)=C(\N)OCC(C)(C)F)NC)C2=O. The molecule has 0 bridgehead atoms. The molecule has 0 saturated heterocycles. The molecule has 1 aliphatic heterocycles. The van der Waals surface area contributed by atoms with Crippen LogP contribution in [0.3, 0.4) is 0 Å². The van der Waals surface area contributed by atoms with Crippen LogP contribution in [0, 0.1) is 0 Å². The number of rotatable bonds is 9. The van der Waals surface area contributed by atoms with Gasteiger partial charge in [0.15, 0.2) is 5.88 Å². The number of carbonyl (C=O) groups is 2. The van der Waals surface area contributed by atoms with E-state index in [1.54, 1.807) is 31.0 Å². The molecule has 0 fully saturated rings. The molecule has 0 saturated carbocycles. The van der Waals surface area contributed by atoms with Crippen LogP contribution in [0.25, 0.3) is 0 Å². The Bertz CT molecular complexity index is 905. The fourth-order valence-electron chi connectivity index (χ4n) is 3.24. The quantitative estimate of drug-likeness (QED) is 0.407. The number of nitrogens with one attached hydrogen (secondary N) is 2. The Morgan fingerprint density at radius 1 is 1.48 bits per heavy atom. The summed E-state index contributed by atoms with van der Waals surface area (Å²) in [4.78, 5) is 31.2. The Morgan fingerprint density at radius 2 is 2.16 bits per heavy atom. The second kappa shape index (κ2) is 9.80. The maximum Gasteiger partial charge on any atom is 0.270 e. The molecule has 0 aromatic carbocycles. The molecule has 2 amide bonds. The lowest BCUT2D eigenvalue weighted by molar-refractivity contribution is 0.0731. The number of ether oxygens (including phenoxy) is 1. The van der Waals surface area contributed by atoms with Crippen LogP contribution in [-0.2, 0) is 11.3 Å². The van der Waals surface area contributed by atoms with Gasteiger partial charge in [-0.1, -0.05) is 0 Å². The molecule has 1 aromatic rings. The number of pyridine rings is 1. The van der Waals surface area contributed by atoms with E-state index in [1.807, 2.05) is 13.8 Å². The van der Waals surface area contributed by atoms with Crippen molar-refractivity contribution >= 4 is 11.8 Å². The van der Waals surface area contributed by atoms with E-state index in [0.29, 0.717) is 23.2 Å². The molecule has 31 heavy (non-hydrogen) atoms. The summed E-state index contributed by atoms with van der Waals surface area (Å²) >= 11 is 0. The summed E-state index contributed by atoms with van der Waals surface area (Å²) < 4.78 is 19.0. The van der Waals surface area contributed by atoms with Crippen molar-refractivity contribution in [2.45, 2.75) is 52.9 Å². The number of likely N-dealkylation sites (N-methyl/N-ethyl adjacent to an activating group) is 1. The van der Waals surface area contributed by atoms with Crippen LogP contribution in [0.1, 0.15) is 61.0 Å². The highest BCUT2D eigenvalue weighted by atomic mass is 19.1. The number of nitrogens with two attached hydrogens (primary N) is 1. The van der Waals surface area contributed by atoms with E-state index in [9.17, 15) is 14.0 Å². The van der Waals surface area contributed by atoms with Gasteiger partial charge >= 0.3 is 0 Å². The summed E-state index contributed by atoms with van der Waals surface area (Å²) in [7, 11) is 1.74. The molecule has 1 unspecified atom stereocenters. The minimum Gasteiger partial charge on any atom is -0.476 e. The first-order valence-corrected chi connectivity index (χ1v) is 10.2. The minimum absolute atomic E-state index is 0.115. The number of amides is 2. The first-order chi connectivity index (χ1) is 14.5. The van der Waals surface area contributed by atoms with Crippen LogP contribution in [0.2, 0.25) is 0 Å². The fraction of sp³-hybridized carbons (Fsp3) is 0.500. The molecule has 2 heterocycles. The van der Waals surface area contributed by atoms with Gasteiger partial charge in [-0.2, -0.15) is 0 Å². The van der Waals surface area contributed by atoms with Gasteiger partial charge in [0.1, 0.15) is 18.0 Å². The van der Waals surface area contributed by atoms with Crippen LogP contribution >= 0.6 is 0 Å². The van der Waals surface area contributed by atoms with Crippen LogP contribution < -0.4 is 16.4 Å². The molecule has 1 aromatic heterocycles. The van der Waals surface area contributed by atoms with Gasteiger partial charge in [-0.15, -0.1) is 0 Å². The Labute approximate surface area is 182 Å². The molecule has 1 atom stereocenters. The minimum atomic E-state index is -1.50. The predicted molar refractivity (Wildman–Crippen MR) is 117 cm³/mol. The van der Waals surface area contributed by atoms with Gasteiger partial charge in [0.25, 0.3) is 11.8 Å². The summed E-state index contributed by atoms with van der Waals surface area (Å²) in [6.45, 7) is 8.84. The van der Waals surface area contributed by atoms with Crippen molar-refractivity contribution in [3.8, 4) is 0 Å². The van der Waals surface area contributed by atoms with Crippen molar-refractivity contribution in [2.24, 2.45) is 5.73 Å². The first kappa shape index (κ1) is 24.2. The van der Waals surface area contributed by atoms with Gasteiger partial charge in [0.05, 0.1) is 6.04 Å². The van der Waals surface area contributed by atoms with Crippen molar-refractivity contribution < 1.29 is 18.7 Å². The van der Waals surface area contributed by atoms with E-state index in [1.165, 1.54) is 20.0 Å². The highest BCUT2D eigenvalue weighted by molar-refractivity contribution is 6.03. The molecule has 0 spiro atoms. The maximum atomic E-state index is 13.7. The van der Waals surface area contributed by atoms with Crippen LogP contribution in [0.15, 0.2) is 35.5 Å². The Morgan fingerprint density at radius 3 is 2.74 bits per heavy atom. The number of carbonyl (C=O) groups excluding carboxylic acids is 2. The molecule has 4 N–H and O–H groups in total. The van der Waals surface area contributed by atoms with E-state index in [4.69, 9.17) is 10.5 Å². The zero-order valence-corrected chi connectivity index (χ0v) is 19.0. The van der Waals surface area contributed by atoms with E-state index >= 15 is 0 Å². The van der Waals surface area contributed by atoms with E-state index < -0.39 is 5.67 Å². The summed E-state index contributed by atoms with van der Waals surface area (Å²) in [5.74, 6) is -0.364. The van der Waals surface area contributed by atoms with Crippen molar-refractivity contribution in [1.29, 1.82) is 0 Å². The number of aromatic nitrogens is 1. The lowest BCUT2D eigenvalue weighted by Crippen LogP contribution is -2.38. The third kappa shape index (κ3) is 5.74. The second-order valence-electron chi connectivity index (χ2n) is 8.06. The average molecular weight is 434 g/mol. The topological polar surface area (TPSA) is 110 Å². The normalized spacial score (nSPS) is 15.9. The van der Waals surface area contributed by atoms with Crippen LogP contribution in [-0.4, -0.2) is 53.6 Å². The summed E-state index contributed by atoms with van der Waals surface area (Å²) in [5.41, 5.74) is 7.11. The highest BCUT2D eigenvalue weighted by Gasteiger charge is 2.35. The summed E-state index contributed by atoms with van der Waals surface area (Å²) in [6, 6.07) is 1.29. The molecular weight excluding hydrogens is 401 g/mol. The number of hydrogen-bond acceptors (Lipinski definition) is 6. The third-order valence-electron chi connectivity index (χ3n) is 4.97. The molecule has 170 valence electrons. The van der Waals surface area contributed by atoms with Crippen molar-refractivity contribution in [3.05, 3.63) is 52.3 Å². The largest absolute Gasteiger partial charge is 0.476 e. The van der Waals surface area contributed by atoms with Gasteiger partial charge in [0, 0.05) is 48.7 Å². The van der Waals surface area contributed by atoms with Crippen molar-refractivity contribution in [1.82, 2.24) is 20.5 Å². The van der Waals surface area contributed by atoms with Crippen LogP contribution in [0.4, 0.5) is 4.39 Å². The van der Waals surface area contributed by atoms with Gasteiger partial charge < -0.3 is 26.0 Å². The van der Waals surface area contributed by atoms with E-state index in [2.05, 4.69) is 15.6 Å². The lowest BCUT2D eigenvalue weighted by Gasteiger charge is -2.27. The lowest BCUT2D eigenvalue weighted by atomic mass is 10.1. The second-order valence-corrected chi connectivity index (χ2v) is 8.06. The molecule has 0 aliphatic carbocycles. The van der Waals surface area contributed by atoms with Crippen molar-refractivity contribution in [2.75, 3.05) is 20.2 Å². The summed E-state index contributed by atoms with van der Waals surface area (Å²) in [5, 5.41) is 5.82. The molecule has 2 rings (SSSR count). The number of nitrogens with zero attached hydrogens (tertiary/aromatic N) is 2. The van der Waals surface area contributed by atoms with Gasteiger partial charge in [-0.3, -0.25) is 14.6 Å². The van der Waals surface area contributed by atoms with Gasteiger partial charge in [-0.05, 0) is 46.8 Å².